The summed E-state index contributed by atoms with van der Waals surface area (Å²) in [5, 5.41) is 9.81. The van der Waals surface area contributed by atoms with Crippen LogP contribution in [0, 0.1) is 17.8 Å². The number of rotatable bonds is 6. The highest BCUT2D eigenvalue weighted by Crippen LogP contribution is 2.27. The molecule has 1 N–H and O–H groups in total. The van der Waals surface area contributed by atoms with E-state index >= 15 is 0 Å². The van der Waals surface area contributed by atoms with Gasteiger partial charge in [-0.15, -0.1) is 0 Å². The van der Waals surface area contributed by atoms with Gasteiger partial charge in [0.05, 0.1) is 25.7 Å². The van der Waals surface area contributed by atoms with Crippen molar-refractivity contribution in [2.24, 2.45) is 5.92 Å². The zero-order valence-electron chi connectivity index (χ0n) is 20.9. The molecule has 0 fully saturated rings. The van der Waals surface area contributed by atoms with E-state index in [9.17, 15) is 14.7 Å². The van der Waals surface area contributed by atoms with Crippen LogP contribution >= 0.6 is 0 Å². The fraction of sp³-hybridized carbons (Fsp3) is 0.462. The highest BCUT2D eigenvalue weighted by molar-refractivity contribution is 5.97. The van der Waals surface area contributed by atoms with Gasteiger partial charge in [0.25, 0.3) is 5.91 Å². The van der Waals surface area contributed by atoms with Gasteiger partial charge in [0.15, 0.2) is 0 Å². The molecular formula is C26H33N5O4. The van der Waals surface area contributed by atoms with E-state index < -0.39 is 12.1 Å². The molecule has 3 heterocycles. The van der Waals surface area contributed by atoms with E-state index in [-0.39, 0.29) is 42.3 Å². The van der Waals surface area contributed by atoms with Crippen LogP contribution in [0.3, 0.4) is 0 Å². The minimum atomic E-state index is -0.397. The quantitative estimate of drug-likeness (QED) is 0.620. The number of aliphatic hydroxyl groups is 1. The Morgan fingerprint density at radius 3 is 2.69 bits per heavy atom. The maximum absolute atomic E-state index is 13.5. The van der Waals surface area contributed by atoms with Gasteiger partial charge in [-0.2, -0.15) is 0 Å². The largest absolute Gasteiger partial charge is 0.472 e. The Bertz CT molecular complexity index is 1100. The van der Waals surface area contributed by atoms with Crippen LogP contribution < -0.4 is 4.74 Å². The summed E-state index contributed by atoms with van der Waals surface area (Å²) in [6.07, 6.45) is 4.51. The first-order chi connectivity index (χ1) is 16.7. The van der Waals surface area contributed by atoms with Crippen molar-refractivity contribution < 1.29 is 19.4 Å². The van der Waals surface area contributed by atoms with E-state index in [0.717, 1.165) is 5.56 Å². The lowest BCUT2D eigenvalue weighted by Gasteiger charge is -2.37. The van der Waals surface area contributed by atoms with Crippen LogP contribution in [-0.4, -0.2) is 101 Å². The number of aromatic nitrogens is 2. The Morgan fingerprint density at radius 1 is 1.29 bits per heavy atom. The molecule has 3 rings (SSSR count). The molecule has 1 aliphatic rings. The van der Waals surface area contributed by atoms with Crippen LogP contribution in [0.1, 0.15) is 35.3 Å². The number of pyridine rings is 2. The number of hydrogen-bond donors (Lipinski definition) is 1. The number of nitrogens with zero attached hydrogens (tertiary/aromatic N) is 5. The standard InChI is InChI=1S/C26H33N5O4/c1-18-14-31(19(2)17-32)26(34)22-11-21(9-8-20-7-6-10-27-12-20)13-28-25(22)35-23(18)15-30(5)24(33)16-29(3)4/h6-7,10-13,18-19,23,32H,14-17H2,1-5H3/t18-,19-,23-/m0/s1. The summed E-state index contributed by atoms with van der Waals surface area (Å²) in [5.74, 6) is 5.83. The molecule has 9 heteroatoms. The molecule has 0 saturated heterocycles. The molecule has 9 nitrogen and oxygen atoms in total. The van der Waals surface area contributed by atoms with Gasteiger partial charge in [-0.3, -0.25) is 14.6 Å². The molecule has 0 radical (unpaired) electrons. The molecule has 0 spiro atoms. The van der Waals surface area contributed by atoms with Crippen LogP contribution in [-0.2, 0) is 4.79 Å². The van der Waals surface area contributed by atoms with Gasteiger partial charge in [0, 0.05) is 49.2 Å². The van der Waals surface area contributed by atoms with Gasteiger partial charge in [0.1, 0.15) is 11.7 Å². The van der Waals surface area contributed by atoms with Crippen molar-refractivity contribution in [3.8, 4) is 17.7 Å². The summed E-state index contributed by atoms with van der Waals surface area (Å²) in [5.41, 5.74) is 1.59. The van der Waals surface area contributed by atoms with Crippen LogP contribution in [0.15, 0.2) is 36.8 Å². The van der Waals surface area contributed by atoms with E-state index in [0.29, 0.717) is 18.7 Å². The number of carbonyl (C=O) groups excluding carboxylic acids is 2. The average molecular weight is 480 g/mol. The normalized spacial score (nSPS) is 18.5. The van der Waals surface area contributed by atoms with Crippen LogP contribution in [0.2, 0.25) is 0 Å². The zero-order chi connectivity index (χ0) is 25.5. The molecule has 2 aromatic rings. The Morgan fingerprint density at radius 2 is 2.03 bits per heavy atom. The Kier molecular flexibility index (Phi) is 8.79. The number of ether oxygens (including phenoxy) is 1. The highest BCUT2D eigenvalue weighted by Gasteiger charge is 2.34. The molecule has 2 amide bonds. The van der Waals surface area contributed by atoms with Gasteiger partial charge in [-0.1, -0.05) is 18.8 Å². The van der Waals surface area contributed by atoms with Gasteiger partial charge in [0.2, 0.25) is 11.8 Å². The van der Waals surface area contributed by atoms with Crippen LogP contribution in [0.4, 0.5) is 0 Å². The van der Waals surface area contributed by atoms with E-state index in [1.54, 1.807) is 54.5 Å². The summed E-state index contributed by atoms with van der Waals surface area (Å²) >= 11 is 0. The highest BCUT2D eigenvalue weighted by atomic mass is 16.5. The van der Waals surface area contributed by atoms with Crippen molar-refractivity contribution in [1.82, 2.24) is 24.7 Å². The maximum atomic E-state index is 13.5. The molecule has 0 unspecified atom stereocenters. The van der Waals surface area contributed by atoms with E-state index in [1.807, 2.05) is 32.0 Å². The van der Waals surface area contributed by atoms with Crippen molar-refractivity contribution in [1.29, 1.82) is 0 Å². The number of likely N-dealkylation sites (N-methyl/N-ethyl adjacent to an activating group) is 2. The van der Waals surface area contributed by atoms with Crippen LogP contribution in [0.25, 0.3) is 0 Å². The van der Waals surface area contributed by atoms with Crippen molar-refractivity contribution in [2.75, 3.05) is 47.4 Å². The molecule has 3 atom stereocenters. The molecule has 186 valence electrons. The summed E-state index contributed by atoms with van der Waals surface area (Å²) in [6, 6.07) is 4.92. The lowest BCUT2D eigenvalue weighted by atomic mass is 10.00. The first-order valence-corrected chi connectivity index (χ1v) is 11.6. The number of aliphatic hydroxyl groups excluding tert-OH is 1. The Hall–Kier alpha value is -3.48. The minimum Gasteiger partial charge on any atom is -0.472 e. The molecule has 1 aliphatic heterocycles. The lowest BCUT2D eigenvalue weighted by molar-refractivity contribution is -0.132. The molecular weight excluding hydrogens is 446 g/mol. The van der Waals surface area contributed by atoms with Gasteiger partial charge in [-0.25, -0.2) is 4.98 Å². The first kappa shape index (κ1) is 26.1. The number of carbonyl (C=O) groups is 2. The summed E-state index contributed by atoms with van der Waals surface area (Å²) in [6.45, 7) is 4.59. The van der Waals surface area contributed by atoms with Crippen molar-refractivity contribution >= 4 is 11.8 Å². The molecule has 0 saturated carbocycles. The zero-order valence-corrected chi connectivity index (χ0v) is 20.9. The third-order valence-corrected chi connectivity index (χ3v) is 5.86. The van der Waals surface area contributed by atoms with Crippen molar-refractivity contribution in [2.45, 2.75) is 26.0 Å². The number of fused-ring (bicyclic) bond motifs is 1. The molecule has 35 heavy (non-hydrogen) atoms. The second-order valence-corrected chi connectivity index (χ2v) is 9.20. The second kappa shape index (κ2) is 11.8. The summed E-state index contributed by atoms with van der Waals surface area (Å²) in [4.78, 5) is 39.6. The number of hydrogen-bond acceptors (Lipinski definition) is 7. The minimum absolute atomic E-state index is 0.0290. The van der Waals surface area contributed by atoms with Gasteiger partial charge >= 0.3 is 0 Å². The molecule has 0 bridgehead atoms. The van der Waals surface area contributed by atoms with E-state index in [2.05, 4.69) is 21.8 Å². The van der Waals surface area contributed by atoms with E-state index in [1.165, 1.54) is 0 Å². The van der Waals surface area contributed by atoms with Crippen molar-refractivity contribution in [3.63, 3.8) is 0 Å². The third-order valence-electron chi connectivity index (χ3n) is 5.86. The average Bonchev–Trinajstić information content (AvgIpc) is 2.84. The van der Waals surface area contributed by atoms with Crippen LogP contribution in [0.5, 0.6) is 5.88 Å². The fourth-order valence-electron chi connectivity index (χ4n) is 3.73. The maximum Gasteiger partial charge on any atom is 0.259 e. The fourth-order valence-corrected chi connectivity index (χ4v) is 3.73. The predicted molar refractivity (Wildman–Crippen MR) is 132 cm³/mol. The van der Waals surface area contributed by atoms with E-state index in [4.69, 9.17) is 4.74 Å². The topological polar surface area (TPSA) is 99.1 Å². The lowest BCUT2D eigenvalue weighted by Crippen LogP contribution is -2.51. The van der Waals surface area contributed by atoms with Gasteiger partial charge < -0.3 is 24.5 Å². The first-order valence-electron chi connectivity index (χ1n) is 11.6. The Balaban J connectivity index is 1.95. The summed E-state index contributed by atoms with van der Waals surface area (Å²) < 4.78 is 6.24. The third kappa shape index (κ3) is 6.78. The molecule has 0 aliphatic carbocycles. The molecule has 2 aromatic heterocycles. The summed E-state index contributed by atoms with van der Waals surface area (Å²) in [7, 11) is 5.43. The predicted octanol–water partition coefficient (Wildman–Crippen LogP) is 1.12. The number of amides is 2. The molecule has 0 aromatic carbocycles. The van der Waals surface area contributed by atoms with Crippen molar-refractivity contribution in [3.05, 3.63) is 53.5 Å². The SMILES string of the molecule is C[C@H]1CN([C@@H](C)CO)C(=O)c2cc(C#Cc3cccnc3)cnc2O[C@H]1CN(C)C(=O)CN(C)C. The Labute approximate surface area is 206 Å². The second-order valence-electron chi connectivity index (χ2n) is 9.20. The van der Waals surface area contributed by atoms with Gasteiger partial charge in [-0.05, 0) is 39.2 Å². The smallest absolute Gasteiger partial charge is 0.259 e. The monoisotopic (exact) mass is 479 g/mol.